The maximum absolute atomic E-state index is 5.66. The van der Waals surface area contributed by atoms with Crippen LogP contribution in [0, 0.1) is 13.8 Å². The number of aryl methyl sites for hydroxylation is 4. The van der Waals surface area contributed by atoms with Crippen molar-refractivity contribution in [1.29, 1.82) is 0 Å². The molecule has 104 valence electrons. The smallest absolute Gasteiger partial charge is 0.109 e. The molecule has 0 radical (unpaired) electrons. The van der Waals surface area contributed by atoms with E-state index in [0.717, 1.165) is 31.4 Å². The molecule has 3 heteroatoms. The predicted molar refractivity (Wildman–Crippen MR) is 81.5 cm³/mol. The Morgan fingerprint density at radius 3 is 2.58 bits per heavy atom. The summed E-state index contributed by atoms with van der Waals surface area (Å²) in [6.45, 7) is 8.26. The van der Waals surface area contributed by atoms with Crippen molar-refractivity contribution in [2.24, 2.45) is 5.73 Å². The average Bonchev–Trinajstić information content (AvgIpc) is 2.71. The molecule has 1 heterocycles. The van der Waals surface area contributed by atoms with E-state index in [2.05, 4.69) is 37.5 Å². The van der Waals surface area contributed by atoms with E-state index in [-0.39, 0.29) is 0 Å². The monoisotopic (exact) mass is 259 g/mol. The van der Waals surface area contributed by atoms with Gasteiger partial charge in [-0.2, -0.15) is 0 Å². The third kappa shape index (κ3) is 2.98. The largest absolute Gasteiger partial charge is 0.330 e. The number of unbranched alkanes of at least 4 members (excludes halogenated alkanes) is 1. The zero-order valence-electron chi connectivity index (χ0n) is 12.4. The summed E-state index contributed by atoms with van der Waals surface area (Å²) in [6.07, 6.45) is 4.48. The summed E-state index contributed by atoms with van der Waals surface area (Å²) >= 11 is 0. The third-order valence-corrected chi connectivity index (χ3v) is 3.78. The van der Waals surface area contributed by atoms with Crippen LogP contribution in [-0.2, 0) is 13.0 Å². The normalized spacial score (nSPS) is 11.4. The van der Waals surface area contributed by atoms with Crippen molar-refractivity contribution >= 4 is 11.0 Å². The van der Waals surface area contributed by atoms with Gasteiger partial charge in [-0.3, -0.25) is 0 Å². The summed E-state index contributed by atoms with van der Waals surface area (Å²) in [5.74, 6) is 1.22. The number of hydrogen-bond donors (Lipinski definition) is 1. The van der Waals surface area contributed by atoms with Crippen LogP contribution in [0.4, 0.5) is 0 Å². The number of rotatable bonds is 6. The molecule has 0 bridgehead atoms. The third-order valence-electron chi connectivity index (χ3n) is 3.78. The van der Waals surface area contributed by atoms with Crippen molar-refractivity contribution < 1.29 is 0 Å². The number of benzene rings is 1. The molecular formula is C16H25N3. The summed E-state index contributed by atoms with van der Waals surface area (Å²) < 4.78 is 2.37. The minimum Gasteiger partial charge on any atom is -0.330 e. The van der Waals surface area contributed by atoms with Gasteiger partial charge in [0.2, 0.25) is 0 Å². The van der Waals surface area contributed by atoms with E-state index >= 15 is 0 Å². The van der Waals surface area contributed by atoms with Crippen LogP contribution < -0.4 is 5.73 Å². The highest BCUT2D eigenvalue weighted by Crippen LogP contribution is 2.22. The molecule has 1 aromatic heterocycles. The molecule has 0 spiro atoms. The highest BCUT2D eigenvalue weighted by molar-refractivity contribution is 5.78. The molecule has 2 N–H and O–H groups in total. The summed E-state index contributed by atoms with van der Waals surface area (Å²) in [6, 6.07) is 4.47. The lowest BCUT2D eigenvalue weighted by Gasteiger charge is -2.09. The van der Waals surface area contributed by atoms with Gasteiger partial charge in [0.25, 0.3) is 0 Å². The van der Waals surface area contributed by atoms with Crippen LogP contribution in [0.25, 0.3) is 11.0 Å². The molecule has 0 aliphatic rings. The van der Waals surface area contributed by atoms with Crippen LogP contribution >= 0.6 is 0 Å². The minimum atomic E-state index is 0.734. The first-order chi connectivity index (χ1) is 9.17. The fourth-order valence-corrected chi connectivity index (χ4v) is 2.45. The van der Waals surface area contributed by atoms with E-state index in [1.165, 1.54) is 35.3 Å². The van der Waals surface area contributed by atoms with Crippen molar-refractivity contribution in [2.75, 3.05) is 6.54 Å². The van der Waals surface area contributed by atoms with Gasteiger partial charge < -0.3 is 10.3 Å². The Balaban J connectivity index is 2.46. The highest BCUT2D eigenvalue weighted by atomic mass is 15.1. The fourth-order valence-electron chi connectivity index (χ4n) is 2.45. The molecule has 0 atom stereocenters. The lowest BCUT2D eigenvalue weighted by atomic mass is 10.1. The molecule has 0 saturated carbocycles. The van der Waals surface area contributed by atoms with Crippen LogP contribution in [0.5, 0.6) is 0 Å². The van der Waals surface area contributed by atoms with E-state index in [0.29, 0.717) is 0 Å². The summed E-state index contributed by atoms with van der Waals surface area (Å²) in [7, 11) is 0. The molecule has 19 heavy (non-hydrogen) atoms. The van der Waals surface area contributed by atoms with Gasteiger partial charge in [0.05, 0.1) is 11.0 Å². The van der Waals surface area contributed by atoms with Gasteiger partial charge in [-0.15, -0.1) is 0 Å². The summed E-state index contributed by atoms with van der Waals surface area (Å²) in [5.41, 5.74) is 10.7. The highest BCUT2D eigenvalue weighted by Gasteiger charge is 2.11. The van der Waals surface area contributed by atoms with Crippen LogP contribution in [-0.4, -0.2) is 16.1 Å². The fraction of sp³-hybridized carbons (Fsp3) is 0.562. The summed E-state index contributed by atoms with van der Waals surface area (Å²) in [5, 5.41) is 0. The van der Waals surface area contributed by atoms with Crippen molar-refractivity contribution in [3.63, 3.8) is 0 Å². The van der Waals surface area contributed by atoms with Crippen LogP contribution in [0.2, 0.25) is 0 Å². The zero-order valence-corrected chi connectivity index (χ0v) is 12.4. The first kappa shape index (κ1) is 14.1. The number of nitrogens with two attached hydrogens (primary N) is 1. The van der Waals surface area contributed by atoms with E-state index < -0.39 is 0 Å². The molecule has 0 aliphatic carbocycles. The number of aromatic nitrogens is 2. The Hall–Kier alpha value is -1.35. The molecular weight excluding hydrogens is 234 g/mol. The maximum atomic E-state index is 5.66. The first-order valence-electron chi connectivity index (χ1n) is 7.33. The van der Waals surface area contributed by atoms with Gasteiger partial charge in [-0.25, -0.2) is 4.98 Å². The first-order valence-corrected chi connectivity index (χ1v) is 7.33. The number of hydrogen-bond acceptors (Lipinski definition) is 2. The molecule has 0 unspecified atom stereocenters. The van der Waals surface area contributed by atoms with Crippen molar-refractivity contribution in [3.05, 3.63) is 29.1 Å². The van der Waals surface area contributed by atoms with Crippen LogP contribution in [0.15, 0.2) is 12.1 Å². The average molecular weight is 259 g/mol. The Labute approximate surface area is 115 Å². The SMILES string of the molecule is CCCCc1nc2cc(C)c(C)cc2n1CCCN. The van der Waals surface area contributed by atoms with Gasteiger partial charge >= 0.3 is 0 Å². The molecule has 0 fully saturated rings. The number of fused-ring (bicyclic) bond motifs is 1. The molecule has 1 aromatic carbocycles. The second-order valence-corrected chi connectivity index (χ2v) is 5.35. The number of nitrogens with zero attached hydrogens (tertiary/aromatic N) is 2. The zero-order chi connectivity index (χ0) is 13.8. The van der Waals surface area contributed by atoms with E-state index in [1.807, 2.05) is 0 Å². The molecule has 3 nitrogen and oxygen atoms in total. The molecule has 0 aliphatic heterocycles. The molecule has 0 saturated heterocycles. The second-order valence-electron chi connectivity index (χ2n) is 5.35. The molecule has 2 aromatic rings. The standard InChI is InChI=1S/C16H25N3/c1-4-5-7-16-18-14-10-12(2)13(3)11-15(14)19(16)9-6-8-17/h10-11H,4-9,17H2,1-3H3. The van der Waals surface area contributed by atoms with Crippen LogP contribution in [0.3, 0.4) is 0 Å². The summed E-state index contributed by atoms with van der Waals surface area (Å²) in [4.78, 5) is 4.83. The second kappa shape index (κ2) is 6.20. The van der Waals surface area contributed by atoms with E-state index in [4.69, 9.17) is 10.7 Å². The topological polar surface area (TPSA) is 43.8 Å². The predicted octanol–water partition coefficient (Wildman–Crippen LogP) is 3.34. The van der Waals surface area contributed by atoms with E-state index in [1.54, 1.807) is 0 Å². The van der Waals surface area contributed by atoms with Crippen molar-refractivity contribution in [1.82, 2.24) is 9.55 Å². The van der Waals surface area contributed by atoms with Crippen molar-refractivity contribution in [3.8, 4) is 0 Å². The van der Waals surface area contributed by atoms with E-state index in [9.17, 15) is 0 Å². The van der Waals surface area contributed by atoms with Gasteiger partial charge in [-0.05, 0) is 56.5 Å². The maximum Gasteiger partial charge on any atom is 0.109 e. The minimum absolute atomic E-state index is 0.734. The Bertz CT molecular complexity index is 555. The van der Waals surface area contributed by atoms with Gasteiger partial charge in [0.15, 0.2) is 0 Å². The molecule has 0 amide bonds. The lowest BCUT2D eigenvalue weighted by molar-refractivity contribution is 0.617. The Kier molecular flexibility index (Phi) is 4.59. The van der Waals surface area contributed by atoms with Gasteiger partial charge in [0.1, 0.15) is 5.82 Å². The van der Waals surface area contributed by atoms with Crippen LogP contribution in [0.1, 0.15) is 43.1 Å². The lowest BCUT2D eigenvalue weighted by Crippen LogP contribution is -2.09. The van der Waals surface area contributed by atoms with Gasteiger partial charge in [0, 0.05) is 13.0 Å². The Morgan fingerprint density at radius 1 is 1.16 bits per heavy atom. The molecule has 2 rings (SSSR count). The van der Waals surface area contributed by atoms with Crippen molar-refractivity contribution in [2.45, 2.75) is 53.0 Å². The van der Waals surface area contributed by atoms with Gasteiger partial charge in [-0.1, -0.05) is 13.3 Å². The Morgan fingerprint density at radius 2 is 1.89 bits per heavy atom. The quantitative estimate of drug-likeness (QED) is 0.864. The number of imidazole rings is 1.